The van der Waals surface area contributed by atoms with Crippen LogP contribution in [0.2, 0.25) is 0 Å². The van der Waals surface area contributed by atoms with E-state index in [1.807, 2.05) is 27.2 Å². The first-order chi connectivity index (χ1) is 15.0. The molecule has 3 atom stereocenters. The molecular weight excluding hydrogens is 431 g/mol. The van der Waals surface area contributed by atoms with Crippen LogP contribution in [-0.2, 0) is 18.4 Å². The first kappa shape index (κ1) is 31.2. The Morgan fingerprint density at radius 3 is 2.28 bits per heavy atom. The molecule has 1 amide bonds. The highest BCUT2D eigenvalue weighted by molar-refractivity contribution is 7.47. The topological polar surface area (TPSA) is 105 Å². The molecule has 190 valence electrons. The molecule has 3 unspecified atom stereocenters. The lowest BCUT2D eigenvalue weighted by Crippen LogP contribution is -2.45. The zero-order valence-corrected chi connectivity index (χ0v) is 21.8. The molecule has 32 heavy (non-hydrogen) atoms. The first-order valence-corrected chi connectivity index (χ1v) is 13.6. The fourth-order valence-electron chi connectivity index (χ4n) is 2.92. The highest BCUT2D eigenvalue weighted by atomic mass is 31.2. The molecule has 0 aromatic carbocycles. The van der Waals surface area contributed by atoms with Gasteiger partial charge in [0.1, 0.15) is 13.2 Å². The quantitative estimate of drug-likeness (QED) is 0.105. The molecule has 8 nitrogen and oxygen atoms in total. The van der Waals surface area contributed by atoms with Crippen molar-refractivity contribution in [2.24, 2.45) is 0 Å². The van der Waals surface area contributed by atoms with Crippen molar-refractivity contribution < 1.29 is 32.9 Å². The van der Waals surface area contributed by atoms with E-state index in [0.717, 1.165) is 57.8 Å². The number of hydrogen-bond donors (Lipinski definition) is 3. The largest absolute Gasteiger partial charge is 0.472 e. The van der Waals surface area contributed by atoms with Gasteiger partial charge in [-0.3, -0.25) is 13.8 Å². The lowest BCUT2D eigenvalue weighted by Gasteiger charge is -2.25. The van der Waals surface area contributed by atoms with Crippen molar-refractivity contribution in [3.05, 3.63) is 12.2 Å². The van der Waals surface area contributed by atoms with Gasteiger partial charge in [0.05, 0.1) is 39.9 Å². The van der Waals surface area contributed by atoms with E-state index in [1.165, 1.54) is 0 Å². The van der Waals surface area contributed by atoms with Gasteiger partial charge >= 0.3 is 7.82 Å². The lowest BCUT2D eigenvalue weighted by molar-refractivity contribution is -0.870. The number of carbonyl (C=O) groups is 1. The highest BCUT2D eigenvalue weighted by Gasteiger charge is 2.27. The van der Waals surface area contributed by atoms with Gasteiger partial charge in [0.15, 0.2) is 0 Å². The van der Waals surface area contributed by atoms with Gasteiger partial charge < -0.3 is 19.8 Å². The predicted octanol–water partition coefficient (Wildman–Crippen LogP) is 4.17. The summed E-state index contributed by atoms with van der Waals surface area (Å²) >= 11 is 0. The van der Waals surface area contributed by atoms with E-state index in [1.54, 1.807) is 6.08 Å². The summed E-state index contributed by atoms with van der Waals surface area (Å²) in [7, 11) is 1.56. The minimum absolute atomic E-state index is 0.0615. The number of aliphatic hydroxyl groups is 1. The maximum Gasteiger partial charge on any atom is 0.472 e. The Labute approximate surface area is 195 Å². The van der Waals surface area contributed by atoms with Crippen molar-refractivity contribution >= 4 is 13.7 Å². The van der Waals surface area contributed by atoms with Gasteiger partial charge in [-0.1, -0.05) is 64.5 Å². The van der Waals surface area contributed by atoms with Crippen LogP contribution in [0, 0.1) is 0 Å². The van der Waals surface area contributed by atoms with Gasteiger partial charge in [0, 0.05) is 6.42 Å². The summed E-state index contributed by atoms with van der Waals surface area (Å²) in [5.74, 6) is -0.202. The summed E-state index contributed by atoms with van der Waals surface area (Å²) in [5.41, 5.74) is 0. The normalized spacial score (nSPS) is 16.1. The highest BCUT2D eigenvalue weighted by Crippen LogP contribution is 2.43. The zero-order valence-electron chi connectivity index (χ0n) is 20.9. The molecular formula is C23H48N2O6P+. The molecule has 0 saturated carbocycles. The molecule has 0 fully saturated rings. The Bertz CT molecular complexity index is 565. The third-order valence-corrected chi connectivity index (χ3v) is 5.99. The molecule has 3 N–H and O–H groups in total. The Hall–Kier alpha value is -0.760. The van der Waals surface area contributed by atoms with Crippen molar-refractivity contribution in [1.29, 1.82) is 0 Å². The summed E-state index contributed by atoms with van der Waals surface area (Å²) in [6.45, 7) is 4.54. The zero-order chi connectivity index (χ0) is 24.5. The van der Waals surface area contributed by atoms with E-state index in [-0.39, 0.29) is 19.1 Å². The summed E-state index contributed by atoms with van der Waals surface area (Å²) in [6, 6.07) is -0.831. The van der Waals surface area contributed by atoms with Gasteiger partial charge in [-0.05, 0) is 19.3 Å². The van der Waals surface area contributed by atoms with E-state index in [4.69, 9.17) is 9.05 Å². The third kappa shape index (κ3) is 18.8. The second kappa shape index (κ2) is 17.7. The molecule has 0 aliphatic carbocycles. The van der Waals surface area contributed by atoms with Crippen LogP contribution in [0.25, 0.3) is 0 Å². The molecule has 0 aliphatic rings. The SMILES string of the molecule is CCCCC/C=C/C(O)C(COP(=O)(O)OCC[N+](C)(C)C)NC(=O)CCCCCCC. The van der Waals surface area contributed by atoms with E-state index >= 15 is 0 Å². The maximum absolute atomic E-state index is 12.3. The summed E-state index contributed by atoms with van der Waals surface area (Å²) < 4.78 is 22.9. The summed E-state index contributed by atoms with van der Waals surface area (Å²) in [5, 5.41) is 13.3. The van der Waals surface area contributed by atoms with Crippen LogP contribution in [0.15, 0.2) is 12.2 Å². The van der Waals surface area contributed by atoms with Crippen LogP contribution in [0.5, 0.6) is 0 Å². The van der Waals surface area contributed by atoms with Crippen molar-refractivity contribution in [2.75, 3.05) is 40.9 Å². The van der Waals surface area contributed by atoms with Crippen molar-refractivity contribution in [2.45, 2.75) is 90.2 Å². The lowest BCUT2D eigenvalue weighted by atomic mass is 10.1. The number of amides is 1. The van der Waals surface area contributed by atoms with Crippen molar-refractivity contribution in [3.8, 4) is 0 Å². The fourth-order valence-corrected chi connectivity index (χ4v) is 3.65. The molecule has 0 bridgehead atoms. The minimum Gasteiger partial charge on any atom is -0.387 e. The van der Waals surface area contributed by atoms with Crippen LogP contribution in [-0.4, -0.2) is 73.4 Å². The van der Waals surface area contributed by atoms with Crippen LogP contribution in [0.4, 0.5) is 0 Å². The maximum atomic E-state index is 12.3. The molecule has 9 heteroatoms. The van der Waals surface area contributed by atoms with Crippen LogP contribution >= 0.6 is 7.82 Å². The molecule has 0 aromatic heterocycles. The van der Waals surface area contributed by atoms with E-state index in [2.05, 4.69) is 19.2 Å². The number of phosphoric ester groups is 1. The average Bonchev–Trinajstić information content (AvgIpc) is 2.69. The second-order valence-electron chi connectivity index (χ2n) is 9.36. The van der Waals surface area contributed by atoms with E-state index in [0.29, 0.717) is 17.4 Å². The fraction of sp³-hybridized carbons (Fsp3) is 0.870. The average molecular weight is 480 g/mol. The van der Waals surface area contributed by atoms with Crippen LogP contribution in [0.1, 0.15) is 78.1 Å². The number of likely N-dealkylation sites (N-methyl/N-ethyl adjacent to an activating group) is 1. The number of nitrogens with one attached hydrogen (secondary N) is 1. The molecule has 0 heterocycles. The molecule has 0 spiro atoms. The number of carbonyl (C=O) groups excluding carboxylic acids is 1. The summed E-state index contributed by atoms with van der Waals surface area (Å²) in [6.07, 6.45) is 12.0. The second-order valence-corrected chi connectivity index (χ2v) is 10.8. The smallest absolute Gasteiger partial charge is 0.387 e. The first-order valence-electron chi connectivity index (χ1n) is 12.1. The number of hydrogen-bond acceptors (Lipinski definition) is 5. The van der Waals surface area contributed by atoms with Gasteiger partial charge in [-0.2, -0.15) is 0 Å². The number of allylic oxidation sites excluding steroid dienone is 1. The molecule has 0 radical (unpaired) electrons. The van der Waals surface area contributed by atoms with Gasteiger partial charge in [-0.25, -0.2) is 4.57 Å². The number of aliphatic hydroxyl groups excluding tert-OH is 1. The van der Waals surface area contributed by atoms with E-state index in [9.17, 15) is 19.4 Å². The van der Waals surface area contributed by atoms with Crippen LogP contribution in [0.3, 0.4) is 0 Å². The summed E-state index contributed by atoms with van der Waals surface area (Å²) in [4.78, 5) is 22.3. The van der Waals surface area contributed by atoms with Crippen molar-refractivity contribution in [3.63, 3.8) is 0 Å². The Morgan fingerprint density at radius 2 is 1.66 bits per heavy atom. The Kier molecular flexibility index (Phi) is 17.3. The standard InChI is InChI=1S/C23H47N2O6P/c1-6-8-10-12-14-16-22(26)21(24-23(27)17-15-13-11-9-7-2)20-31-32(28,29)30-19-18-25(3,4)5/h14,16,21-22,26H,6-13,15,17-20H2,1-5H3,(H-,24,27,28,29)/p+1/b16-14+. The number of rotatable bonds is 20. The van der Waals surface area contributed by atoms with E-state index < -0.39 is 20.0 Å². The van der Waals surface area contributed by atoms with Crippen LogP contribution < -0.4 is 5.32 Å². The van der Waals surface area contributed by atoms with Gasteiger partial charge in [0.25, 0.3) is 0 Å². The molecule has 0 rings (SSSR count). The Balaban J connectivity index is 4.78. The molecule has 0 aliphatic heterocycles. The molecule has 0 saturated heterocycles. The number of nitrogens with zero attached hydrogens (tertiary/aromatic N) is 1. The predicted molar refractivity (Wildman–Crippen MR) is 129 cm³/mol. The molecule has 0 aromatic rings. The Morgan fingerprint density at radius 1 is 1.03 bits per heavy atom. The minimum atomic E-state index is -4.29. The number of phosphoric acid groups is 1. The monoisotopic (exact) mass is 479 g/mol. The van der Waals surface area contributed by atoms with Gasteiger partial charge in [0.2, 0.25) is 5.91 Å². The number of unbranched alkanes of at least 4 members (excludes halogenated alkanes) is 7. The van der Waals surface area contributed by atoms with Gasteiger partial charge in [-0.15, -0.1) is 0 Å². The van der Waals surface area contributed by atoms with Crippen molar-refractivity contribution in [1.82, 2.24) is 5.32 Å². The number of quaternary nitrogens is 1. The third-order valence-electron chi connectivity index (χ3n) is 5.01.